The molecule has 2 atom stereocenters. The summed E-state index contributed by atoms with van der Waals surface area (Å²) in [7, 11) is 0. The van der Waals surface area contributed by atoms with Crippen LogP contribution in [0.5, 0.6) is 5.75 Å². The van der Waals surface area contributed by atoms with Gasteiger partial charge in [-0.15, -0.1) is 0 Å². The van der Waals surface area contributed by atoms with Gasteiger partial charge in [0.1, 0.15) is 5.75 Å². The molecule has 1 N–H and O–H groups in total. The highest BCUT2D eigenvalue weighted by Crippen LogP contribution is 2.36. The zero-order valence-electron chi connectivity index (χ0n) is 10.6. The zero-order chi connectivity index (χ0) is 12.9. The van der Waals surface area contributed by atoms with Crippen LogP contribution in [0.4, 0.5) is 0 Å². The van der Waals surface area contributed by atoms with Crippen molar-refractivity contribution in [2.24, 2.45) is 5.41 Å². The summed E-state index contributed by atoms with van der Waals surface area (Å²) in [6.07, 6.45) is -0.161. The van der Waals surface area contributed by atoms with Gasteiger partial charge in [0, 0.05) is 0 Å². The van der Waals surface area contributed by atoms with Gasteiger partial charge in [-0.2, -0.15) is 5.26 Å². The highest BCUT2D eigenvalue weighted by molar-refractivity contribution is 5.30. The number of benzene rings is 1. The first kappa shape index (κ1) is 13.5. The van der Waals surface area contributed by atoms with Gasteiger partial charge in [-0.05, 0) is 38.0 Å². The Labute approximate surface area is 103 Å². The maximum Gasteiger partial charge on any atom is 0.119 e. The molecule has 0 aliphatic heterocycles. The molecule has 17 heavy (non-hydrogen) atoms. The SMILES string of the molecule is CCOc1ccc(C(O)C(C)(C#N)CC)cc1. The Balaban J connectivity index is 2.90. The summed E-state index contributed by atoms with van der Waals surface area (Å²) >= 11 is 0. The van der Waals surface area contributed by atoms with E-state index in [-0.39, 0.29) is 0 Å². The number of hydrogen-bond acceptors (Lipinski definition) is 3. The first-order chi connectivity index (χ1) is 8.07. The number of nitriles is 1. The second-order valence-electron chi connectivity index (χ2n) is 4.29. The van der Waals surface area contributed by atoms with Crippen molar-refractivity contribution in [2.45, 2.75) is 33.3 Å². The van der Waals surface area contributed by atoms with E-state index in [9.17, 15) is 5.11 Å². The number of ether oxygens (including phenoxy) is 1. The van der Waals surface area contributed by atoms with Crippen LogP contribution in [0.15, 0.2) is 24.3 Å². The van der Waals surface area contributed by atoms with Gasteiger partial charge in [0.15, 0.2) is 0 Å². The van der Waals surface area contributed by atoms with E-state index in [2.05, 4.69) is 6.07 Å². The van der Waals surface area contributed by atoms with E-state index in [1.54, 1.807) is 19.1 Å². The largest absolute Gasteiger partial charge is 0.494 e. The molecule has 0 amide bonds. The molecule has 0 fully saturated rings. The van der Waals surface area contributed by atoms with Crippen molar-refractivity contribution in [1.29, 1.82) is 5.26 Å². The molecule has 2 unspecified atom stereocenters. The van der Waals surface area contributed by atoms with Crippen molar-refractivity contribution < 1.29 is 9.84 Å². The van der Waals surface area contributed by atoms with Crippen LogP contribution >= 0.6 is 0 Å². The molecular formula is C14H19NO2. The molecule has 3 heteroatoms. The van der Waals surface area contributed by atoms with Gasteiger partial charge in [-0.3, -0.25) is 0 Å². The highest BCUT2D eigenvalue weighted by Gasteiger charge is 2.32. The predicted octanol–water partition coefficient (Wildman–Crippen LogP) is 3.06. The Kier molecular flexibility index (Phi) is 4.53. The molecule has 0 aliphatic rings. The zero-order valence-corrected chi connectivity index (χ0v) is 10.6. The Bertz CT molecular complexity index is 394. The van der Waals surface area contributed by atoms with Gasteiger partial charge in [0.25, 0.3) is 0 Å². The quantitative estimate of drug-likeness (QED) is 0.850. The van der Waals surface area contributed by atoms with E-state index in [1.165, 1.54) is 0 Å². The molecule has 1 rings (SSSR count). The maximum atomic E-state index is 10.2. The third-order valence-corrected chi connectivity index (χ3v) is 3.10. The van der Waals surface area contributed by atoms with Crippen molar-refractivity contribution in [3.63, 3.8) is 0 Å². The summed E-state index contributed by atoms with van der Waals surface area (Å²) in [5, 5.41) is 19.3. The normalized spacial score (nSPS) is 15.7. The van der Waals surface area contributed by atoms with E-state index in [0.717, 1.165) is 11.3 Å². The molecule has 0 saturated heterocycles. The van der Waals surface area contributed by atoms with Crippen molar-refractivity contribution in [3.05, 3.63) is 29.8 Å². The van der Waals surface area contributed by atoms with Gasteiger partial charge < -0.3 is 9.84 Å². The molecule has 0 saturated carbocycles. The molecule has 0 heterocycles. The molecule has 0 aliphatic carbocycles. The summed E-state index contributed by atoms with van der Waals surface area (Å²) in [4.78, 5) is 0. The maximum absolute atomic E-state index is 10.2. The van der Waals surface area contributed by atoms with Crippen molar-refractivity contribution in [1.82, 2.24) is 0 Å². The lowest BCUT2D eigenvalue weighted by Crippen LogP contribution is -2.22. The van der Waals surface area contributed by atoms with Crippen LogP contribution in [-0.2, 0) is 0 Å². The summed E-state index contributed by atoms with van der Waals surface area (Å²) in [5.74, 6) is 0.776. The van der Waals surface area contributed by atoms with Crippen LogP contribution in [0.1, 0.15) is 38.9 Å². The molecule has 0 bridgehead atoms. The van der Waals surface area contributed by atoms with E-state index >= 15 is 0 Å². The standard InChI is InChI=1S/C14H19NO2/c1-4-14(3,10-15)13(16)11-6-8-12(9-7-11)17-5-2/h6-9,13,16H,4-5H2,1-3H3. The number of aliphatic hydroxyl groups is 1. The Morgan fingerprint density at radius 1 is 1.35 bits per heavy atom. The van der Waals surface area contributed by atoms with Crippen LogP contribution < -0.4 is 4.74 Å². The van der Waals surface area contributed by atoms with E-state index in [1.807, 2.05) is 26.0 Å². The summed E-state index contributed by atoms with van der Waals surface area (Å²) < 4.78 is 5.33. The topological polar surface area (TPSA) is 53.2 Å². The molecule has 1 aromatic rings. The molecule has 0 spiro atoms. The highest BCUT2D eigenvalue weighted by atomic mass is 16.5. The lowest BCUT2D eigenvalue weighted by atomic mass is 9.80. The van der Waals surface area contributed by atoms with Gasteiger partial charge in [0.2, 0.25) is 0 Å². The van der Waals surface area contributed by atoms with Crippen LogP contribution in [0.25, 0.3) is 0 Å². The van der Waals surface area contributed by atoms with Crippen LogP contribution in [-0.4, -0.2) is 11.7 Å². The van der Waals surface area contributed by atoms with Gasteiger partial charge in [0.05, 0.1) is 24.2 Å². The number of rotatable bonds is 5. The number of aliphatic hydroxyl groups excluding tert-OH is 1. The van der Waals surface area contributed by atoms with Crippen LogP contribution in [0.2, 0.25) is 0 Å². The monoisotopic (exact) mass is 233 g/mol. The average Bonchev–Trinajstić information content (AvgIpc) is 2.38. The third-order valence-electron chi connectivity index (χ3n) is 3.10. The fraction of sp³-hybridized carbons (Fsp3) is 0.500. The summed E-state index contributed by atoms with van der Waals surface area (Å²) in [5.41, 5.74) is 0.00647. The van der Waals surface area contributed by atoms with Gasteiger partial charge in [-0.25, -0.2) is 0 Å². The molecule has 0 radical (unpaired) electrons. The van der Waals surface area contributed by atoms with Gasteiger partial charge >= 0.3 is 0 Å². The third kappa shape index (κ3) is 2.98. The summed E-state index contributed by atoms with van der Waals surface area (Å²) in [6, 6.07) is 9.43. The summed E-state index contributed by atoms with van der Waals surface area (Å²) in [6.45, 7) is 6.22. The Morgan fingerprint density at radius 3 is 2.35 bits per heavy atom. The first-order valence-corrected chi connectivity index (χ1v) is 5.89. The fourth-order valence-electron chi connectivity index (χ4n) is 1.61. The molecule has 3 nitrogen and oxygen atoms in total. The van der Waals surface area contributed by atoms with E-state index in [0.29, 0.717) is 13.0 Å². The lowest BCUT2D eigenvalue weighted by Gasteiger charge is -2.26. The number of hydrogen-bond donors (Lipinski definition) is 1. The van der Waals surface area contributed by atoms with Crippen molar-refractivity contribution in [2.75, 3.05) is 6.61 Å². The van der Waals surface area contributed by atoms with Gasteiger partial charge in [-0.1, -0.05) is 19.1 Å². The minimum absolute atomic E-state index is 0.609. The minimum Gasteiger partial charge on any atom is -0.494 e. The first-order valence-electron chi connectivity index (χ1n) is 5.89. The Hall–Kier alpha value is -1.53. The van der Waals surface area contributed by atoms with E-state index in [4.69, 9.17) is 10.00 Å². The average molecular weight is 233 g/mol. The fourth-order valence-corrected chi connectivity index (χ4v) is 1.61. The van der Waals surface area contributed by atoms with Crippen LogP contribution in [0, 0.1) is 16.7 Å². The molecule has 0 aromatic heterocycles. The number of nitrogens with zero attached hydrogens (tertiary/aromatic N) is 1. The molecule has 92 valence electrons. The van der Waals surface area contributed by atoms with Crippen LogP contribution in [0.3, 0.4) is 0 Å². The second kappa shape index (κ2) is 5.70. The van der Waals surface area contributed by atoms with Crippen molar-refractivity contribution in [3.8, 4) is 11.8 Å². The smallest absolute Gasteiger partial charge is 0.119 e. The Morgan fingerprint density at radius 2 is 1.94 bits per heavy atom. The predicted molar refractivity (Wildman–Crippen MR) is 66.6 cm³/mol. The molecule has 1 aromatic carbocycles. The van der Waals surface area contributed by atoms with E-state index < -0.39 is 11.5 Å². The molecular weight excluding hydrogens is 214 g/mol. The van der Waals surface area contributed by atoms with Crippen molar-refractivity contribution >= 4 is 0 Å². The minimum atomic E-state index is -0.770. The second-order valence-corrected chi connectivity index (χ2v) is 4.29. The lowest BCUT2D eigenvalue weighted by molar-refractivity contribution is 0.0722.